The molecule has 0 unspecified atom stereocenters. The maximum atomic E-state index is 5.37. The number of nitrogens with zero attached hydrogens (tertiary/aromatic N) is 2. The fourth-order valence-electron chi connectivity index (χ4n) is 3.55. The summed E-state index contributed by atoms with van der Waals surface area (Å²) in [6.07, 6.45) is 8.05. The lowest BCUT2D eigenvalue weighted by Gasteiger charge is -2.30. The van der Waals surface area contributed by atoms with Gasteiger partial charge in [0.15, 0.2) is 5.58 Å². The molecule has 128 valence electrons. The van der Waals surface area contributed by atoms with Crippen LogP contribution in [0.1, 0.15) is 24.1 Å². The SMILES string of the molecule is C(=C\C1CCN(CCc2ccccc2)CC1)/c1noc2ccccc12. The van der Waals surface area contributed by atoms with Crippen molar-refractivity contribution in [1.82, 2.24) is 10.1 Å². The molecule has 0 atom stereocenters. The van der Waals surface area contributed by atoms with Crippen molar-refractivity contribution in [3.05, 3.63) is 71.9 Å². The van der Waals surface area contributed by atoms with Gasteiger partial charge in [-0.1, -0.05) is 53.7 Å². The van der Waals surface area contributed by atoms with Crippen LogP contribution in [0, 0.1) is 5.92 Å². The number of hydrogen-bond donors (Lipinski definition) is 0. The third kappa shape index (κ3) is 3.99. The molecule has 25 heavy (non-hydrogen) atoms. The molecular weight excluding hydrogens is 308 g/mol. The van der Waals surface area contributed by atoms with Gasteiger partial charge in [-0.15, -0.1) is 0 Å². The van der Waals surface area contributed by atoms with E-state index in [0.717, 1.165) is 29.6 Å². The number of piperidine rings is 1. The molecule has 0 saturated carbocycles. The Bertz CT molecular complexity index is 829. The van der Waals surface area contributed by atoms with E-state index in [1.807, 2.05) is 18.2 Å². The molecule has 0 amide bonds. The zero-order valence-corrected chi connectivity index (χ0v) is 14.5. The molecule has 3 nitrogen and oxygen atoms in total. The van der Waals surface area contributed by atoms with E-state index in [1.165, 1.54) is 31.5 Å². The highest BCUT2D eigenvalue weighted by atomic mass is 16.5. The van der Waals surface area contributed by atoms with Gasteiger partial charge in [-0.3, -0.25) is 0 Å². The van der Waals surface area contributed by atoms with Crippen LogP contribution in [0.5, 0.6) is 0 Å². The molecule has 3 heteroatoms. The third-order valence-corrected chi connectivity index (χ3v) is 5.12. The quantitative estimate of drug-likeness (QED) is 0.672. The number of allylic oxidation sites excluding steroid dienone is 1. The van der Waals surface area contributed by atoms with Crippen molar-refractivity contribution in [3.8, 4) is 0 Å². The summed E-state index contributed by atoms with van der Waals surface area (Å²) >= 11 is 0. The number of rotatable bonds is 5. The Hall–Kier alpha value is -2.39. The van der Waals surface area contributed by atoms with E-state index in [-0.39, 0.29) is 0 Å². The Balaban J connectivity index is 1.28. The van der Waals surface area contributed by atoms with Gasteiger partial charge in [0.25, 0.3) is 0 Å². The van der Waals surface area contributed by atoms with Gasteiger partial charge in [-0.05, 0) is 62.0 Å². The van der Waals surface area contributed by atoms with Crippen molar-refractivity contribution in [2.75, 3.05) is 19.6 Å². The Kier molecular flexibility index (Phi) is 4.93. The topological polar surface area (TPSA) is 29.3 Å². The highest BCUT2D eigenvalue weighted by molar-refractivity contribution is 5.84. The molecule has 1 aliphatic rings. The lowest BCUT2D eigenvalue weighted by atomic mass is 9.95. The third-order valence-electron chi connectivity index (χ3n) is 5.12. The van der Waals surface area contributed by atoms with Crippen LogP contribution < -0.4 is 0 Å². The molecule has 1 aliphatic heterocycles. The van der Waals surface area contributed by atoms with Crippen LogP contribution in [0.2, 0.25) is 0 Å². The minimum atomic E-state index is 0.642. The van der Waals surface area contributed by atoms with Crippen molar-refractivity contribution < 1.29 is 4.52 Å². The lowest BCUT2D eigenvalue weighted by Crippen LogP contribution is -2.34. The van der Waals surface area contributed by atoms with Crippen LogP contribution in [0.15, 0.2) is 65.2 Å². The van der Waals surface area contributed by atoms with Gasteiger partial charge in [0.1, 0.15) is 5.69 Å². The average Bonchev–Trinajstić information content (AvgIpc) is 3.10. The standard InChI is InChI=1S/C22H24N2O/c1-2-6-18(7-3-1)12-15-24-16-13-19(14-17-24)10-11-21-20-8-4-5-9-22(20)25-23-21/h1-11,19H,12-17H2/b11-10+. The second-order valence-electron chi connectivity index (χ2n) is 6.84. The van der Waals surface area contributed by atoms with Gasteiger partial charge in [-0.2, -0.15) is 0 Å². The lowest BCUT2D eigenvalue weighted by molar-refractivity contribution is 0.206. The Morgan fingerprint density at radius 3 is 2.60 bits per heavy atom. The van der Waals surface area contributed by atoms with Gasteiger partial charge in [0.2, 0.25) is 0 Å². The van der Waals surface area contributed by atoms with Crippen molar-refractivity contribution in [2.45, 2.75) is 19.3 Å². The summed E-state index contributed by atoms with van der Waals surface area (Å²) in [5.74, 6) is 0.642. The summed E-state index contributed by atoms with van der Waals surface area (Å²) in [5, 5.41) is 5.28. The molecule has 0 spiro atoms. The molecule has 3 aromatic rings. The van der Waals surface area contributed by atoms with Crippen molar-refractivity contribution in [2.24, 2.45) is 5.92 Å². The summed E-state index contributed by atoms with van der Waals surface area (Å²) in [7, 11) is 0. The summed E-state index contributed by atoms with van der Waals surface area (Å²) in [4.78, 5) is 2.59. The normalized spacial score (nSPS) is 16.8. The first-order valence-electron chi connectivity index (χ1n) is 9.17. The van der Waals surface area contributed by atoms with E-state index in [0.29, 0.717) is 5.92 Å². The highest BCUT2D eigenvalue weighted by Crippen LogP contribution is 2.23. The Labute approximate surface area is 148 Å². The summed E-state index contributed by atoms with van der Waals surface area (Å²) in [5.41, 5.74) is 3.24. The van der Waals surface area contributed by atoms with Crippen LogP contribution >= 0.6 is 0 Å². The van der Waals surface area contributed by atoms with Crippen LogP contribution in [0.25, 0.3) is 17.0 Å². The number of aromatic nitrogens is 1. The second kappa shape index (κ2) is 7.66. The van der Waals surface area contributed by atoms with Crippen molar-refractivity contribution >= 4 is 17.0 Å². The first kappa shape index (κ1) is 16.1. The van der Waals surface area contributed by atoms with E-state index >= 15 is 0 Å². The zero-order chi connectivity index (χ0) is 16.9. The number of hydrogen-bond acceptors (Lipinski definition) is 3. The molecular formula is C22H24N2O. The summed E-state index contributed by atoms with van der Waals surface area (Å²) < 4.78 is 5.37. The summed E-state index contributed by atoms with van der Waals surface area (Å²) in [6.45, 7) is 3.52. The van der Waals surface area contributed by atoms with E-state index in [2.05, 4.69) is 58.6 Å². The summed E-state index contributed by atoms with van der Waals surface area (Å²) in [6, 6.07) is 18.8. The smallest absolute Gasteiger partial charge is 0.167 e. The van der Waals surface area contributed by atoms with Gasteiger partial charge >= 0.3 is 0 Å². The van der Waals surface area contributed by atoms with E-state index in [9.17, 15) is 0 Å². The second-order valence-corrected chi connectivity index (χ2v) is 6.84. The predicted octanol–water partition coefficient (Wildman–Crippen LogP) is 4.80. The fraction of sp³-hybridized carbons (Fsp3) is 0.318. The van der Waals surface area contributed by atoms with E-state index in [1.54, 1.807) is 0 Å². The van der Waals surface area contributed by atoms with E-state index in [4.69, 9.17) is 4.52 Å². The first-order valence-corrected chi connectivity index (χ1v) is 9.17. The molecule has 1 aromatic heterocycles. The first-order chi connectivity index (χ1) is 12.4. The highest BCUT2D eigenvalue weighted by Gasteiger charge is 2.17. The molecule has 0 aliphatic carbocycles. The van der Waals surface area contributed by atoms with Gasteiger partial charge < -0.3 is 9.42 Å². The fourth-order valence-corrected chi connectivity index (χ4v) is 3.55. The van der Waals surface area contributed by atoms with Gasteiger partial charge in [0, 0.05) is 11.9 Å². The molecule has 2 aromatic carbocycles. The van der Waals surface area contributed by atoms with Crippen molar-refractivity contribution in [3.63, 3.8) is 0 Å². The largest absolute Gasteiger partial charge is 0.356 e. The Morgan fingerprint density at radius 2 is 1.76 bits per heavy atom. The minimum absolute atomic E-state index is 0.642. The molecule has 2 heterocycles. The van der Waals surface area contributed by atoms with Gasteiger partial charge in [0.05, 0.1) is 0 Å². The molecule has 0 bridgehead atoms. The molecule has 1 fully saturated rings. The Morgan fingerprint density at radius 1 is 1.00 bits per heavy atom. The van der Waals surface area contributed by atoms with Crippen molar-refractivity contribution in [1.29, 1.82) is 0 Å². The van der Waals surface area contributed by atoms with Crippen LogP contribution in [-0.4, -0.2) is 29.7 Å². The van der Waals surface area contributed by atoms with E-state index < -0.39 is 0 Å². The minimum Gasteiger partial charge on any atom is -0.356 e. The van der Waals surface area contributed by atoms with Crippen LogP contribution in [0.4, 0.5) is 0 Å². The number of benzene rings is 2. The molecule has 1 saturated heterocycles. The van der Waals surface area contributed by atoms with Crippen LogP contribution in [0.3, 0.4) is 0 Å². The molecule has 0 radical (unpaired) electrons. The van der Waals surface area contributed by atoms with Gasteiger partial charge in [-0.25, -0.2) is 0 Å². The number of likely N-dealkylation sites (tertiary alicyclic amines) is 1. The average molecular weight is 332 g/mol. The predicted molar refractivity (Wildman–Crippen MR) is 102 cm³/mol. The molecule has 4 rings (SSSR count). The maximum Gasteiger partial charge on any atom is 0.167 e. The zero-order valence-electron chi connectivity index (χ0n) is 14.5. The monoisotopic (exact) mass is 332 g/mol. The number of para-hydroxylation sites is 1. The maximum absolute atomic E-state index is 5.37. The molecule has 0 N–H and O–H groups in total. The van der Waals surface area contributed by atoms with Crippen LogP contribution in [-0.2, 0) is 6.42 Å². The number of fused-ring (bicyclic) bond motifs is 1.